The first-order chi connectivity index (χ1) is 9.58. The fourth-order valence-electron chi connectivity index (χ4n) is 2.12. The highest BCUT2D eigenvalue weighted by Crippen LogP contribution is 2.18. The van der Waals surface area contributed by atoms with Gasteiger partial charge in [-0.3, -0.25) is 4.79 Å². The van der Waals surface area contributed by atoms with Gasteiger partial charge < -0.3 is 4.98 Å². The van der Waals surface area contributed by atoms with E-state index < -0.39 is 5.69 Å². The summed E-state index contributed by atoms with van der Waals surface area (Å²) in [5, 5.41) is 0.978. The molecule has 0 fully saturated rings. The molecular weight excluding hydrogens is 276 g/mol. The Morgan fingerprint density at radius 2 is 1.85 bits per heavy atom. The molecule has 0 saturated carbocycles. The van der Waals surface area contributed by atoms with Crippen molar-refractivity contribution in [2.45, 2.75) is 6.92 Å². The SMILES string of the molecule is Cc1ccc(-n2c(=O)[nH]c3ccccc3c2=O)cc1Cl. The molecule has 0 spiro atoms. The van der Waals surface area contributed by atoms with E-state index in [0.29, 0.717) is 21.6 Å². The van der Waals surface area contributed by atoms with Gasteiger partial charge in [-0.2, -0.15) is 0 Å². The minimum atomic E-state index is -0.478. The standard InChI is InChI=1S/C15H11ClN2O2/c1-9-6-7-10(8-12(9)16)18-14(19)11-4-2-3-5-13(11)17-15(18)20/h2-8H,1H3,(H,17,20). The smallest absolute Gasteiger partial charge is 0.306 e. The molecule has 0 unspecified atom stereocenters. The van der Waals surface area contributed by atoms with Crippen LogP contribution in [0.2, 0.25) is 5.02 Å². The normalized spacial score (nSPS) is 10.9. The van der Waals surface area contributed by atoms with E-state index in [1.165, 1.54) is 0 Å². The van der Waals surface area contributed by atoms with Gasteiger partial charge in [0.2, 0.25) is 0 Å². The molecule has 4 nitrogen and oxygen atoms in total. The number of fused-ring (bicyclic) bond motifs is 1. The number of nitrogens with zero attached hydrogens (tertiary/aromatic N) is 1. The predicted molar refractivity (Wildman–Crippen MR) is 79.9 cm³/mol. The van der Waals surface area contributed by atoms with Crippen LogP contribution in [0.5, 0.6) is 0 Å². The minimum absolute atomic E-state index is 0.357. The first-order valence-electron chi connectivity index (χ1n) is 6.08. The molecular formula is C15H11ClN2O2. The van der Waals surface area contributed by atoms with Crippen LogP contribution >= 0.6 is 11.6 Å². The summed E-state index contributed by atoms with van der Waals surface area (Å²) in [5.74, 6) is 0. The summed E-state index contributed by atoms with van der Waals surface area (Å²) in [6, 6.07) is 12.0. The molecule has 20 heavy (non-hydrogen) atoms. The lowest BCUT2D eigenvalue weighted by atomic mass is 10.2. The average molecular weight is 287 g/mol. The lowest BCUT2D eigenvalue weighted by Crippen LogP contribution is -2.33. The Hall–Kier alpha value is -2.33. The number of nitrogens with one attached hydrogen (secondary N) is 1. The first-order valence-corrected chi connectivity index (χ1v) is 6.46. The fourth-order valence-corrected chi connectivity index (χ4v) is 2.29. The largest absolute Gasteiger partial charge is 0.333 e. The summed E-state index contributed by atoms with van der Waals surface area (Å²) in [6.07, 6.45) is 0. The van der Waals surface area contributed by atoms with Crippen LogP contribution < -0.4 is 11.2 Å². The minimum Gasteiger partial charge on any atom is -0.306 e. The molecule has 0 saturated heterocycles. The second-order valence-corrected chi connectivity index (χ2v) is 4.96. The van der Waals surface area contributed by atoms with Crippen LogP contribution in [0.1, 0.15) is 5.56 Å². The summed E-state index contributed by atoms with van der Waals surface area (Å²) in [7, 11) is 0. The average Bonchev–Trinajstić information content (AvgIpc) is 2.43. The quantitative estimate of drug-likeness (QED) is 0.748. The molecule has 1 heterocycles. The van der Waals surface area contributed by atoms with Crippen LogP contribution in [0, 0.1) is 6.92 Å². The topological polar surface area (TPSA) is 54.9 Å². The number of para-hydroxylation sites is 1. The van der Waals surface area contributed by atoms with E-state index in [1.54, 1.807) is 42.5 Å². The molecule has 0 bridgehead atoms. The fraction of sp³-hybridized carbons (Fsp3) is 0.0667. The Labute approximate surface area is 119 Å². The van der Waals surface area contributed by atoms with Crippen LogP contribution in [0.3, 0.4) is 0 Å². The molecule has 0 aliphatic carbocycles. The summed E-state index contributed by atoms with van der Waals surface area (Å²) in [5.41, 5.74) is 1.04. The maximum Gasteiger partial charge on any atom is 0.333 e. The van der Waals surface area contributed by atoms with Gasteiger partial charge in [-0.05, 0) is 36.8 Å². The van der Waals surface area contributed by atoms with Crippen molar-refractivity contribution in [3.8, 4) is 5.69 Å². The number of hydrogen-bond donors (Lipinski definition) is 1. The monoisotopic (exact) mass is 286 g/mol. The van der Waals surface area contributed by atoms with Crippen LogP contribution in [0.25, 0.3) is 16.6 Å². The lowest BCUT2D eigenvalue weighted by Gasteiger charge is -2.07. The molecule has 1 N–H and O–H groups in total. The van der Waals surface area contributed by atoms with Gasteiger partial charge in [-0.25, -0.2) is 9.36 Å². The van der Waals surface area contributed by atoms with Gasteiger partial charge >= 0.3 is 5.69 Å². The Morgan fingerprint density at radius 3 is 2.60 bits per heavy atom. The maximum absolute atomic E-state index is 12.4. The highest BCUT2D eigenvalue weighted by molar-refractivity contribution is 6.31. The van der Waals surface area contributed by atoms with Gasteiger partial charge in [0.15, 0.2) is 0 Å². The van der Waals surface area contributed by atoms with Crippen molar-refractivity contribution in [3.05, 3.63) is 73.9 Å². The third-order valence-electron chi connectivity index (χ3n) is 3.22. The van der Waals surface area contributed by atoms with Gasteiger partial charge in [-0.1, -0.05) is 29.8 Å². The number of aromatic nitrogens is 2. The third-order valence-corrected chi connectivity index (χ3v) is 3.63. The Morgan fingerprint density at radius 1 is 1.10 bits per heavy atom. The Kier molecular flexibility index (Phi) is 2.95. The van der Waals surface area contributed by atoms with E-state index >= 15 is 0 Å². The molecule has 0 radical (unpaired) electrons. The van der Waals surface area contributed by atoms with Crippen molar-refractivity contribution in [1.82, 2.24) is 9.55 Å². The molecule has 0 aliphatic heterocycles. The van der Waals surface area contributed by atoms with Gasteiger partial charge in [0, 0.05) is 5.02 Å². The van der Waals surface area contributed by atoms with Gasteiger partial charge in [0.1, 0.15) is 0 Å². The van der Waals surface area contributed by atoms with Crippen LogP contribution in [0.15, 0.2) is 52.1 Å². The number of H-pyrrole nitrogens is 1. The van der Waals surface area contributed by atoms with Crippen LogP contribution in [0.4, 0.5) is 0 Å². The van der Waals surface area contributed by atoms with Crippen LogP contribution in [-0.4, -0.2) is 9.55 Å². The zero-order valence-corrected chi connectivity index (χ0v) is 11.4. The molecule has 100 valence electrons. The number of aryl methyl sites for hydroxylation is 1. The Bertz CT molecular complexity index is 925. The van der Waals surface area contributed by atoms with E-state index in [4.69, 9.17) is 11.6 Å². The van der Waals surface area contributed by atoms with Gasteiger partial charge in [0.25, 0.3) is 5.56 Å². The second-order valence-electron chi connectivity index (χ2n) is 4.55. The lowest BCUT2D eigenvalue weighted by molar-refractivity contribution is 0.901. The summed E-state index contributed by atoms with van der Waals surface area (Å²) in [6.45, 7) is 1.86. The van der Waals surface area contributed by atoms with E-state index in [0.717, 1.165) is 10.1 Å². The van der Waals surface area contributed by atoms with Crippen LogP contribution in [-0.2, 0) is 0 Å². The number of aromatic amines is 1. The van der Waals surface area contributed by atoms with E-state index in [1.807, 2.05) is 6.92 Å². The third kappa shape index (κ3) is 1.94. The zero-order valence-electron chi connectivity index (χ0n) is 10.7. The highest BCUT2D eigenvalue weighted by Gasteiger charge is 2.09. The van der Waals surface area contributed by atoms with E-state index in [-0.39, 0.29) is 5.56 Å². The molecule has 5 heteroatoms. The molecule has 2 aromatic carbocycles. The number of hydrogen-bond acceptors (Lipinski definition) is 2. The number of benzene rings is 2. The van der Waals surface area contributed by atoms with Crippen molar-refractivity contribution < 1.29 is 0 Å². The van der Waals surface area contributed by atoms with Gasteiger partial charge in [-0.15, -0.1) is 0 Å². The van der Waals surface area contributed by atoms with Crippen molar-refractivity contribution in [1.29, 1.82) is 0 Å². The second kappa shape index (κ2) is 4.65. The van der Waals surface area contributed by atoms with Crippen molar-refractivity contribution in [2.24, 2.45) is 0 Å². The predicted octanol–water partition coefficient (Wildman–Crippen LogP) is 2.64. The number of halogens is 1. The highest BCUT2D eigenvalue weighted by atomic mass is 35.5. The number of rotatable bonds is 1. The summed E-state index contributed by atoms with van der Waals surface area (Å²) >= 11 is 6.06. The van der Waals surface area contributed by atoms with Crippen molar-refractivity contribution in [2.75, 3.05) is 0 Å². The van der Waals surface area contributed by atoms with Gasteiger partial charge in [0.05, 0.1) is 16.6 Å². The first kappa shape index (κ1) is 12.7. The maximum atomic E-state index is 12.4. The molecule has 3 rings (SSSR count). The summed E-state index contributed by atoms with van der Waals surface area (Å²) < 4.78 is 1.09. The molecule has 0 aliphatic rings. The molecule has 0 amide bonds. The molecule has 3 aromatic rings. The molecule has 0 atom stereocenters. The Balaban J connectivity index is 2.39. The van der Waals surface area contributed by atoms with Crippen molar-refractivity contribution in [3.63, 3.8) is 0 Å². The van der Waals surface area contributed by atoms with Crippen molar-refractivity contribution >= 4 is 22.5 Å². The zero-order chi connectivity index (χ0) is 14.3. The van der Waals surface area contributed by atoms with E-state index in [2.05, 4.69) is 4.98 Å². The molecule has 1 aromatic heterocycles. The van der Waals surface area contributed by atoms with E-state index in [9.17, 15) is 9.59 Å². The summed E-state index contributed by atoms with van der Waals surface area (Å²) in [4.78, 5) is 27.3.